The molecule has 0 aromatic rings. The largest absolute Gasteiger partial charge is 0.481 e. The number of nitrogens with zero attached hydrogens (tertiary/aromatic N) is 2. The van der Waals surface area contributed by atoms with Gasteiger partial charge in [0, 0.05) is 25.7 Å². The average Bonchev–Trinajstić information content (AvgIpc) is 3.12. The number of aliphatic carboxylic acids is 1. The Labute approximate surface area is 145 Å². The molecule has 2 N–H and O–H groups in total. The van der Waals surface area contributed by atoms with Crippen molar-refractivity contribution in [3.8, 4) is 0 Å². The highest BCUT2D eigenvalue weighted by Gasteiger charge is 2.31. The van der Waals surface area contributed by atoms with Gasteiger partial charge in [0.2, 0.25) is 0 Å². The summed E-state index contributed by atoms with van der Waals surface area (Å²) in [6.45, 7) is 8.36. The number of piperidine rings is 1. The summed E-state index contributed by atoms with van der Waals surface area (Å²) in [4.78, 5) is 27.9. The maximum absolute atomic E-state index is 12.5. The normalized spacial score (nSPS) is 23.5. The molecule has 2 aliphatic heterocycles. The Kier molecular flexibility index (Phi) is 7.34. The summed E-state index contributed by atoms with van der Waals surface area (Å²) in [6, 6.07) is 0.294. The fraction of sp³-hybridized carbons (Fsp3) is 0.889. The first-order valence-electron chi connectivity index (χ1n) is 9.56. The fourth-order valence-electron chi connectivity index (χ4n) is 4.17. The molecule has 0 aromatic carbocycles. The number of rotatable bonds is 7. The van der Waals surface area contributed by atoms with E-state index in [4.69, 9.17) is 0 Å². The van der Waals surface area contributed by atoms with Crippen LogP contribution in [0, 0.1) is 11.8 Å². The lowest BCUT2D eigenvalue weighted by molar-refractivity contribution is -0.143. The predicted molar refractivity (Wildman–Crippen MR) is 94.0 cm³/mol. The molecule has 2 amide bonds. The number of hydrogen-bond acceptors (Lipinski definition) is 3. The van der Waals surface area contributed by atoms with Gasteiger partial charge >= 0.3 is 12.0 Å². The predicted octanol–water partition coefficient (Wildman–Crippen LogP) is 2.39. The molecule has 6 nitrogen and oxygen atoms in total. The molecule has 138 valence electrons. The van der Waals surface area contributed by atoms with E-state index in [9.17, 15) is 14.7 Å². The zero-order valence-electron chi connectivity index (χ0n) is 15.2. The maximum Gasteiger partial charge on any atom is 0.317 e. The van der Waals surface area contributed by atoms with Gasteiger partial charge in [0.15, 0.2) is 0 Å². The number of hydrogen-bond donors (Lipinski definition) is 2. The Hall–Kier alpha value is -1.30. The quantitative estimate of drug-likeness (QED) is 0.747. The van der Waals surface area contributed by atoms with E-state index in [2.05, 4.69) is 24.1 Å². The summed E-state index contributed by atoms with van der Waals surface area (Å²) in [6.07, 6.45) is 6.18. The van der Waals surface area contributed by atoms with Crippen LogP contribution >= 0.6 is 0 Å². The van der Waals surface area contributed by atoms with E-state index >= 15 is 0 Å². The van der Waals surface area contributed by atoms with Gasteiger partial charge < -0.3 is 15.3 Å². The molecule has 2 rings (SSSR count). The highest BCUT2D eigenvalue weighted by molar-refractivity contribution is 5.76. The molecular weight excluding hydrogens is 306 g/mol. The molecule has 2 unspecified atom stereocenters. The summed E-state index contributed by atoms with van der Waals surface area (Å²) >= 11 is 0. The van der Waals surface area contributed by atoms with Gasteiger partial charge in [-0.05, 0) is 44.7 Å². The van der Waals surface area contributed by atoms with E-state index in [0.29, 0.717) is 38.0 Å². The SMILES string of the molecule is CCC(CC)C(CNC(=O)N1CCCC(C(=O)O)C1)N1CCCC1. The molecular formula is C18H33N3O3. The number of carbonyl (C=O) groups is 2. The molecule has 2 heterocycles. The summed E-state index contributed by atoms with van der Waals surface area (Å²) < 4.78 is 0. The fourth-order valence-corrected chi connectivity index (χ4v) is 4.17. The van der Waals surface area contributed by atoms with Crippen molar-refractivity contribution in [3.63, 3.8) is 0 Å². The minimum Gasteiger partial charge on any atom is -0.481 e. The average molecular weight is 339 g/mol. The van der Waals surface area contributed by atoms with Crippen LogP contribution in [0.2, 0.25) is 0 Å². The summed E-state index contributed by atoms with van der Waals surface area (Å²) in [5.41, 5.74) is 0. The molecule has 0 aromatic heterocycles. The molecule has 0 saturated carbocycles. The Morgan fingerprint density at radius 2 is 1.79 bits per heavy atom. The third-order valence-corrected chi connectivity index (χ3v) is 5.72. The first kappa shape index (κ1) is 19.0. The van der Waals surface area contributed by atoms with Crippen LogP contribution in [0.5, 0.6) is 0 Å². The summed E-state index contributed by atoms with van der Waals surface area (Å²) in [7, 11) is 0. The molecule has 2 saturated heterocycles. The highest BCUT2D eigenvalue weighted by atomic mass is 16.4. The number of carbonyl (C=O) groups excluding carboxylic acids is 1. The lowest BCUT2D eigenvalue weighted by Crippen LogP contribution is -2.52. The zero-order valence-corrected chi connectivity index (χ0v) is 15.2. The number of amides is 2. The monoisotopic (exact) mass is 339 g/mol. The van der Waals surface area contributed by atoms with E-state index in [1.54, 1.807) is 4.90 Å². The third kappa shape index (κ3) is 4.85. The second kappa shape index (κ2) is 9.25. The molecule has 6 heteroatoms. The Morgan fingerprint density at radius 3 is 2.38 bits per heavy atom. The van der Waals surface area contributed by atoms with Crippen LogP contribution in [0.3, 0.4) is 0 Å². The standard InChI is InChI=1S/C18H33N3O3/c1-3-14(4-2)16(20-9-5-6-10-20)12-19-18(24)21-11-7-8-15(13-21)17(22)23/h14-16H,3-13H2,1-2H3,(H,19,24)(H,22,23). The Bertz CT molecular complexity index is 418. The number of nitrogens with one attached hydrogen (secondary N) is 1. The van der Waals surface area contributed by atoms with Crippen LogP contribution in [0.4, 0.5) is 4.79 Å². The van der Waals surface area contributed by atoms with Gasteiger partial charge in [-0.25, -0.2) is 4.79 Å². The Morgan fingerprint density at radius 1 is 1.12 bits per heavy atom. The topological polar surface area (TPSA) is 72.9 Å². The molecule has 2 aliphatic rings. The van der Waals surface area contributed by atoms with E-state index in [1.165, 1.54) is 12.8 Å². The van der Waals surface area contributed by atoms with Gasteiger partial charge in [-0.2, -0.15) is 0 Å². The summed E-state index contributed by atoms with van der Waals surface area (Å²) in [5, 5.41) is 12.3. The molecule has 0 radical (unpaired) electrons. The van der Waals surface area contributed by atoms with Crippen molar-refractivity contribution in [2.45, 2.75) is 58.4 Å². The van der Waals surface area contributed by atoms with Crippen LogP contribution in [-0.4, -0.2) is 65.7 Å². The zero-order chi connectivity index (χ0) is 17.5. The van der Waals surface area contributed by atoms with Crippen molar-refractivity contribution in [1.29, 1.82) is 0 Å². The smallest absolute Gasteiger partial charge is 0.317 e. The lowest BCUT2D eigenvalue weighted by atomic mass is 9.93. The maximum atomic E-state index is 12.5. The van der Waals surface area contributed by atoms with Crippen molar-refractivity contribution >= 4 is 12.0 Å². The van der Waals surface area contributed by atoms with Crippen molar-refractivity contribution in [3.05, 3.63) is 0 Å². The lowest BCUT2D eigenvalue weighted by Gasteiger charge is -2.35. The van der Waals surface area contributed by atoms with Crippen molar-refractivity contribution in [2.75, 3.05) is 32.7 Å². The highest BCUT2D eigenvalue weighted by Crippen LogP contribution is 2.23. The van der Waals surface area contributed by atoms with E-state index in [-0.39, 0.29) is 6.03 Å². The molecule has 2 fully saturated rings. The van der Waals surface area contributed by atoms with Crippen LogP contribution < -0.4 is 5.32 Å². The first-order valence-corrected chi connectivity index (χ1v) is 9.56. The van der Waals surface area contributed by atoms with Crippen LogP contribution in [0.1, 0.15) is 52.4 Å². The van der Waals surface area contributed by atoms with Crippen LogP contribution in [0.25, 0.3) is 0 Å². The van der Waals surface area contributed by atoms with E-state index in [0.717, 1.165) is 32.4 Å². The molecule has 2 atom stereocenters. The summed E-state index contributed by atoms with van der Waals surface area (Å²) in [5.74, 6) is -0.617. The molecule has 24 heavy (non-hydrogen) atoms. The minimum atomic E-state index is -0.792. The second-order valence-electron chi connectivity index (χ2n) is 7.20. The van der Waals surface area contributed by atoms with Crippen molar-refractivity contribution in [1.82, 2.24) is 15.1 Å². The number of carboxylic acids is 1. The number of likely N-dealkylation sites (tertiary alicyclic amines) is 2. The van der Waals surface area contributed by atoms with Gasteiger partial charge in [-0.3, -0.25) is 9.69 Å². The van der Waals surface area contributed by atoms with Crippen molar-refractivity contribution < 1.29 is 14.7 Å². The third-order valence-electron chi connectivity index (χ3n) is 5.72. The molecule has 0 spiro atoms. The van der Waals surface area contributed by atoms with Gasteiger partial charge in [-0.15, -0.1) is 0 Å². The Balaban J connectivity index is 1.90. The minimum absolute atomic E-state index is 0.101. The van der Waals surface area contributed by atoms with Gasteiger partial charge in [0.1, 0.15) is 0 Å². The van der Waals surface area contributed by atoms with Gasteiger partial charge in [0.25, 0.3) is 0 Å². The van der Waals surface area contributed by atoms with E-state index < -0.39 is 11.9 Å². The van der Waals surface area contributed by atoms with Gasteiger partial charge in [-0.1, -0.05) is 26.7 Å². The first-order chi connectivity index (χ1) is 11.6. The number of urea groups is 1. The molecule has 0 bridgehead atoms. The second-order valence-corrected chi connectivity index (χ2v) is 7.20. The van der Waals surface area contributed by atoms with Gasteiger partial charge in [0.05, 0.1) is 5.92 Å². The van der Waals surface area contributed by atoms with E-state index in [1.807, 2.05) is 0 Å². The van der Waals surface area contributed by atoms with Crippen LogP contribution in [-0.2, 0) is 4.79 Å². The van der Waals surface area contributed by atoms with Crippen molar-refractivity contribution in [2.24, 2.45) is 11.8 Å². The molecule has 0 aliphatic carbocycles. The van der Waals surface area contributed by atoms with Crippen LogP contribution in [0.15, 0.2) is 0 Å². The number of carboxylic acid groups (broad SMARTS) is 1.